The van der Waals surface area contributed by atoms with Gasteiger partial charge in [-0.2, -0.15) is 0 Å². The molecule has 0 atom stereocenters. The quantitative estimate of drug-likeness (QED) is 0.155. The van der Waals surface area contributed by atoms with Crippen molar-refractivity contribution in [2.24, 2.45) is 0 Å². The highest BCUT2D eigenvalue weighted by Gasteiger charge is 2.27. The van der Waals surface area contributed by atoms with Gasteiger partial charge < -0.3 is 4.90 Å². The predicted octanol–water partition coefficient (Wildman–Crippen LogP) is 13.0. The van der Waals surface area contributed by atoms with Gasteiger partial charge in [0.05, 0.1) is 5.69 Å². The third-order valence-electron chi connectivity index (χ3n) is 9.60. The second kappa shape index (κ2) is 13.6. The Morgan fingerprint density at radius 2 is 0.854 bits per heavy atom. The Kier molecular flexibility index (Phi) is 8.77. The molecule has 1 heteroatoms. The van der Waals surface area contributed by atoms with Crippen molar-refractivity contribution in [3.63, 3.8) is 0 Å². The smallest absolute Gasteiger partial charge is 0.0540 e. The van der Waals surface area contributed by atoms with Gasteiger partial charge in [0.15, 0.2) is 0 Å². The van der Waals surface area contributed by atoms with Gasteiger partial charge in [-0.25, -0.2) is 0 Å². The Balaban J connectivity index is 1.38. The number of benzene rings is 7. The molecule has 0 aliphatic carbocycles. The van der Waals surface area contributed by atoms with Crippen molar-refractivity contribution in [3.05, 3.63) is 199 Å². The fourth-order valence-electron chi connectivity index (χ4n) is 7.01. The van der Waals surface area contributed by atoms with Crippen molar-refractivity contribution < 1.29 is 0 Å². The summed E-state index contributed by atoms with van der Waals surface area (Å²) < 4.78 is 0. The molecule has 0 saturated heterocycles. The molecule has 1 nitrogen and oxygen atoms in total. The molecule has 0 aliphatic heterocycles. The summed E-state index contributed by atoms with van der Waals surface area (Å²) in [5.74, 6) is 0. The molecule has 48 heavy (non-hydrogen) atoms. The molecule has 7 rings (SSSR count). The van der Waals surface area contributed by atoms with E-state index < -0.39 is 0 Å². The fourth-order valence-corrected chi connectivity index (χ4v) is 7.01. The summed E-state index contributed by atoms with van der Waals surface area (Å²) in [4.78, 5) is 2.41. The zero-order valence-electron chi connectivity index (χ0n) is 28.0. The van der Waals surface area contributed by atoms with Gasteiger partial charge in [0, 0.05) is 22.4 Å². The first-order chi connectivity index (χ1) is 23.5. The second-order valence-electron chi connectivity index (χ2n) is 12.9. The molecule has 0 heterocycles. The largest absolute Gasteiger partial charge is 0.310 e. The molecule has 0 aliphatic rings. The van der Waals surface area contributed by atoms with Crippen LogP contribution in [0, 0.1) is 0 Å². The van der Waals surface area contributed by atoms with E-state index in [0.29, 0.717) is 0 Å². The van der Waals surface area contributed by atoms with Crippen molar-refractivity contribution in [1.82, 2.24) is 0 Å². The van der Waals surface area contributed by atoms with E-state index in [-0.39, 0.29) is 5.41 Å². The minimum atomic E-state index is -0.141. The predicted molar refractivity (Wildman–Crippen MR) is 205 cm³/mol. The van der Waals surface area contributed by atoms with Gasteiger partial charge >= 0.3 is 0 Å². The Hall–Kier alpha value is -5.66. The highest BCUT2D eigenvalue weighted by Crippen LogP contribution is 2.45. The molecular formula is C47H41N. The van der Waals surface area contributed by atoms with E-state index in [0.717, 1.165) is 23.5 Å². The highest BCUT2D eigenvalue weighted by atomic mass is 15.1. The molecule has 0 N–H and O–H groups in total. The molecule has 0 bridgehead atoms. The van der Waals surface area contributed by atoms with Crippen LogP contribution in [0.4, 0.5) is 17.1 Å². The van der Waals surface area contributed by atoms with Crippen LogP contribution in [0.15, 0.2) is 182 Å². The summed E-state index contributed by atoms with van der Waals surface area (Å²) >= 11 is 0. The highest BCUT2D eigenvalue weighted by molar-refractivity contribution is 5.90. The van der Waals surface area contributed by atoms with Gasteiger partial charge in [0.25, 0.3) is 0 Å². The van der Waals surface area contributed by atoms with Gasteiger partial charge in [-0.05, 0) is 81.3 Å². The lowest BCUT2D eigenvalue weighted by atomic mass is 9.74. The van der Waals surface area contributed by atoms with Gasteiger partial charge in [-0.1, -0.05) is 172 Å². The Labute approximate surface area is 285 Å². The first kappa shape index (κ1) is 31.0. The molecule has 7 aromatic rings. The molecule has 7 aromatic carbocycles. The standard InChI is InChI=1S/C47H41N/c1-4-42-43(24-16-25-45(42)47(2,3)39-21-12-7-13-22-39)44-23-14-15-26-46(44)48(40-31-27-37(28-32-40)35-17-8-5-9-18-35)41-33-29-38(30-34-41)36-19-10-6-11-20-36/h5-34H,4H2,1-3H3. The summed E-state index contributed by atoms with van der Waals surface area (Å²) in [5.41, 5.74) is 14.7. The molecule has 0 fully saturated rings. The Morgan fingerprint density at radius 1 is 0.417 bits per heavy atom. The van der Waals surface area contributed by atoms with Crippen LogP contribution in [0.3, 0.4) is 0 Å². The third-order valence-corrected chi connectivity index (χ3v) is 9.60. The SMILES string of the molecule is CCc1c(-c2ccccc2N(c2ccc(-c3ccccc3)cc2)c2ccc(-c3ccccc3)cc2)cccc1C(C)(C)c1ccccc1. The van der Waals surface area contributed by atoms with Crippen molar-refractivity contribution in [2.75, 3.05) is 4.90 Å². The molecule has 0 amide bonds. The van der Waals surface area contributed by atoms with Crippen LogP contribution in [0.25, 0.3) is 33.4 Å². The third kappa shape index (κ3) is 6.08. The lowest BCUT2D eigenvalue weighted by molar-refractivity contribution is 0.633. The number of rotatable bonds is 9. The average Bonchev–Trinajstić information content (AvgIpc) is 3.16. The molecule has 234 valence electrons. The zero-order valence-corrected chi connectivity index (χ0v) is 28.0. The molecule has 0 unspecified atom stereocenters. The first-order valence-electron chi connectivity index (χ1n) is 16.9. The maximum absolute atomic E-state index is 2.41. The molecule has 0 radical (unpaired) electrons. The average molecular weight is 620 g/mol. The van der Waals surface area contributed by atoms with Crippen molar-refractivity contribution in [2.45, 2.75) is 32.6 Å². The summed E-state index contributed by atoms with van der Waals surface area (Å²) in [7, 11) is 0. The van der Waals surface area contributed by atoms with E-state index in [2.05, 4.69) is 208 Å². The maximum atomic E-state index is 2.41. The fraction of sp³-hybridized carbons (Fsp3) is 0.106. The minimum Gasteiger partial charge on any atom is -0.310 e. The van der Waals surface area contributed by atoms with Crippen molar-refractivity contribution in [1.29, 1.82) is 0 Å². The Morgan fingerprint density at radius 3 is 1.38 bits per heavy atom. The summed E-state index contributed by atoms with van der Waals surface area (Å²) in [5, 5.41) is 0. The normalized spacial score (nSPS) is 11.3. The monoisotopic (exact) mass is 619 g/mol. The zero-order chi connectivity index (χ0) is 32.9. The van der Waals surface area contributed by atoms with Crippen LogP contribution < -0.4 is 4.90 Å². The van der Waals surface area contributed by atoms with Gasteiger partial charge in [0.1, 0.15) is 0 Å². The van der Waals surface area contributed by atoms with Gasteiger partial charge in [0.2, 0.25) is 0 Å². The lowest BCUT2D eigenvalue weighted by Crippen LogP contribution is -2.21. The van der Waals surface area contributed by atoms with Crippen LogP contribution in [0.2, 0.25) is 0 Å². The topological polar surface area (TPSA) is 3.24 Å². The number of hydrogen-bond acceptors (Lipinski definition) is 1. The summed E-state index contributed by atoms with van der Waals surface area (Å²) in [6.45, 7) is 6.98. The number of para-hydroxylation sites is 1. The van der Waals surface area contributed by atoms with E-state index >= 15 is 0 Å². The number of anilines is 3. The van der Waals surface area contributed by atoms with E-state index in [1.165, 1.54) is 50.1 Å². The summed E-state index contributed by atoms with van der Waals surface area (Å²) in [6, 6.07) is 65.7. The molecule has 0 aromatic heterocycles. The lowest BCUT2D eigenvalue weighted by Gasteiger charge is -2.32. The van der Waals surface area contributed by atoms with E-state index in [1.807, 2.05) is 0 Å². The van der Waals surface area contributed by atoms with Gasteiger partial charge in [-0.15, -0.1) is 0 Å². The van der Waals surface area contributed by atoms with Crippen LogP contribution in [-0.4, -0.2) is 0 Å². The van der Waals surface area contributed by atoms with E-state index in [9.17, 15) is 0 Å². The van der Waals surface area contributed by atoms with Crippen LogP contribution >= 0.6 is 0 Å². The van der Waals surface area contributed by atoms with Crippen LogP contribution in [-0.2, 0) is 11.8 Å². The molecule has 0 saturated carbocycles. The van der Waals surface area contributed by atoms with Gasteiger partial charge in [-0.3, -0.25) is 0 Å². The van der Waals surface area contributed by atoms with Crippen molar-refractivity contribution >= 4 is 17.1 Å². The second-order valence-corrected chi connectivity index (χ2v) is 12.9. The maximum Gasteiger partial charge on any atom is 0.0540 e. The Bertz CT molecular complexity index is 2010. The molecular weight excluding hydrogens is 579 g/mol. The van der Waals surface area contributed by atoms with Crippen LogP contribution in [0.5, 0.6) is 0 Å². The van der Waals surface area contributed by atoms with E-state index in [4.69, 9.17) is 0 Å². The minimum absolute atomic E-state index is 0.141. The number of nitrogens with zero attached hydrogens (tertiary/aromatic N) is 1. The first-order valence-corrected chi connectivity index (χ1v) is 16.9. The van der Waals surface area contributed by atoms with Crippen LogP contribution in [0.1, 0.15) is 37.5 Å². The molecule has 0 spiro atoms. The summed E-state index contributed by atoms with van der Waals surface area (Å²) in [6.07, 6.45) is 0.938. The van der Waals surface area contributed by atoms with E-state index in [1.54, 1.807) is 0 Å². The van der Waals surface area contributed by atoms with Crippen molar-refractivity contribution in [3.8, 4) is 33.4 Å². The number of hydrogen-bond donors (Lipinski definition) is 0.